The van der Waals surface area contributed by atoms with E-state index >= 15 is 0 Å². The van der Waals surface area contributed by atoms with Gasteiger partial charge in [-0.15, -0.1) is 0 Å². The molecule has 1 atom stereocenters. The molecule has 0 spiro atoms. The molecule has 1 amide bonds. The molecule has 0 bridgehead atoms. The highest BCUT2D eigenvalue weighted by Crippen LogP contribution is 2.33. The predicted molar refractivity (Wildman–Crippen MR) is 120 cm³/mol. The summed E-state index contributed by atoms with van der Waals surface area (Å²) in [6, 6.07) is 7.25. The number of hydrogen-bond donors (Lipinski definition) is 0. The second-order valence-corrected chi connectivity index (χ2v) is 7.61. The van der Waals surface area contributed by atoms with Crippen molar-refractivity contribution in [2.75, 3.05) is 34.4 Å². The Labute approximate surface area is 192 Å². The number of methoxy groups -OCH3 is 3. The van der Waals surface area contributed by atoms with E-state index in [0.717, 1.165) is 18.4 Å². The van der Waals surface area contributed by atoms with Gasteiger partial charge in [-0.1, -0.05) is 0 Å². The van der Waals surface area contributed by atoms with Crippen LogP contribution in [0.3, 0.4) is 0 Å². The number of benzene rings is 1. The summed E-state index contributed by atoms with van der Waals surface area (Å²) in [5, 5.41) is 4.56. The largest absolute Gasteiger partial charge is 0.497 e. The van der Waals surface area contributed by atoms with E-state index in [0.29, 0.717) is 47.7 Å². The van der Waals surface area contributed by atoms with Crippen LogP contribution in [0.2, 0.25) is 0 Å². The van der Waals surface area contributed by atoms with Gasteiger partial charge in [0.1, 0.15) is 23.3 Å². The van der Waals surface area contributed by atoms with Gasteiger partial charge in [0.05, 0.1) is 33.6 Å². The fourth-order valence-corrected chi connectivity index (χ4v) is 3.89. The highest BCUT2D eigenvalue weighted by Gasteiger charge is 2.29. The van der Waals surface area contributed by atoms with Crippen LogP contribution < -0.4 is 18.9 Å². The molecule has 3 aromatic rings. The van der Waals surface area contributed by atoms with Crippen molar-refractivity contribution in [3.8, 4) is 34.5 Å². The molecular formula is C23H27N5O5. The van der Waals surface area contributed by atoms with Gasteiger partial charge in [0.25, 0.3) is 17.7 Å². The van der Waals surface area contributed by atoms with E-state index < -0.39 is 0 Å². The van der Waals surface area contributed by atoms with Crippen LogP contribution in [-0.4, -0.2) is 71.1 Å². The average Bonchev–Trinajstić information content (AvgIpc) is 3.25. The van der Waals surface area contributed by atoms with Crippen molar-refractivity contribution in [2.45, 2.75) is 18.9 Å². The highest BCUT2D eigenvalue weighted by atomic mass is 16.5. The molecule has 0 aliphatic carbocycles. The third kappa shape index (κ3) is 4.69. The van der Waals surface area contributed by atoms with Gasteiger partial charge < -0.3 is 23.8 Å². The minimum absolute atomic E-state index is 0.113. The first-order chi connectivity index (χ1) is 16.0. The average molecular weight is 453 g/mol. The Bertz CT molecular complexity index is 1130. The van der Waals surface area contributed by atoms with Crippen LogP contribution in [0.15, 0.2) is 36.7 Å². The number of rotatable bonds is 7. The Hall–Kier alpha value is -3.82. The molecule has 0 N–H and O–H groups in total. The number of piperidine rings is 1. The molecule has 1 aromatic carbocycles. The van der Waals surface area contributed by atoms with Crippen LogP contribution in [0.5, 0.6) is 23.3 Å². The van der Waals surface area contributed by atoms with Crippen molar-refractivity contribution in [1.29, 1.82) is 0 Å². The number of carbonyl (C=O) groups is 1. The first-order valence-corrected chi connectivity index (χ1v) is 10.6. The zero-order chi connectivity index (χ0) is 23.4. The summed E-state index contributed by atoms with van der Waals surface area (Å²) in [5.41, 5.74) is 1.86. The van der Waals surface area contributed by atoms with E-state index in [4.69, 9.17) is 18.9 Å². The van der Waals surface area contributed by atoms with Crippen molar-refractivity contribution in [2.24, 2.45) is 7.05 Å². The lowest BCUT2D eigenvalue weighted by Crippen LogP contribution is -2.45. The molecule has 33 heavy (non-hydrogen) atoms. The lowest BCUT2D eigenvalue weighted by atomic mass is 10.1. The Kier molecular flexibility index (Phi) is 6.62. The number of carbonyl (C=O) groups excluding carboxylic acids is 1. The number of nitrogens with zero attached hydrogens (tertiary/aromatic N) is 5. The van der Waals surface area contributed by atoms with Gasteiger partial charge in [-0.05, 0) is 37.1 Å². The molecule has 1 unspecified atom stereocenters. The van der Waals surface area contributed by atoms with E-state index in [-0.39, 0.29) is 12.0 Å². The number of aryl methyl sites for hydroxylation is 1. The zero-order valence-corrected chi connectivity index (χ0v) is 19.1. The summed E-state index contributed by atoms with van der Waals surface area (Å²) >= 11 is 0. The fraction of sp³-hybridized carbons (Fsp3) is 0.391. The molecule has 2 aromatic heterocycles. The van der Waals surface area contributed by atoms with Crippen LogP contribution in [0.1, 0.15) is 23.3 Å². The van der Waals surface area contributed by atoms with Crippen LogP contribution in [0.4, 0.5) is 0 Å². The Morgan fingerprint density at radius 1 is 1.03 bits per heavy atom. The van der Waals surface area contributed by atoms with Crippen LogP contribution in [-0.2, 0) is 7.05 Å². The molecule has 0 radical (unpaired) electrons. The molecule has 1 saturated heterocycles. The second-order valence-electron chi connectivity index (χ2n) is 7.61. The van der Waals surface area contributed by atoms with Gasteiger partial charge in [-0.3, -0.25) is 9.48 Å². The lowest BCUT2D eigenvalue weighted by molar-refractivity contribution is 0.0510. The molecule has 1 aliphatic rings. The number of aromatic nitrogens is 4. The lowest BCUT2D eigenvalue weighted by Gasteiger charge is -2.32. The first-order valence-electron chi connectivity index (χ1n) is 10.6. The van der Waals surface area contributed by atoms with Gasteiger partial charge in [0.2, 0.25) is 0 Å². The normalized spacial score (nSPS) is 15.8. The molecule has 1 fully saturated rings. The van der Waals surface area contributed by atoms with E-state index in [1.54, 1.807) is 49.3 Å². The first kappa shape index (κ1) is 22.4. The molecule has 174 valence electrons. The van der Waals surface area contributed by atoms with Crippen LogP contribution >= 0.6 is 0 Å². The maximum atomic E-state index is 13.4. The Morgan fingerprint density at radius 3 is 2.55 bits per heavy atom. The Morgan fingerprint density at radius 2 is 1.82 bits per heavy atom. The number of hydrogen-bond acceptors (Lipinski definition) is 8. The van der Waals surface area contributed by atoms with Crippen molar-refractivity contribution in [3.05, 3.63) is 42.4 Å². The summed E-state index contributed by atoms with van der Waals surface area (Å²) in [4.78, 5) is 23.5. The molecule has 10 nitrogen and oxygen atoms in total. The van der Waals surface area contributed by atoms with Gasteiger partial charge in [0, 0.05) is 31.5 Å². The van der Waals surface area contributed by atoms with Gasteiger partial charge in [-0.25, -0.2) is 9.97 Å². The second kappa shape index (κ2) is 9.76. The third-order valence-electron chi connectivity index (χ3n) is 5.55. The SMILES string of the molecule is COc1ccc(OC)c(-c2cc(C(=O)N3CCCC(Oc4nccnc4OC)C3)n(C)n2)c1. The van der Waals surface area contributed by atoms with E-state index in [2.05, 4.69) is 15.1 Å². The maximum absolute atomic E-state index is 13.4. The van der Waals surface area contributed by atoms with Crippen molar-refractivity contribution < 1.29 is 23.7 Å². The smallest absolute Gasteiger partial charge is 0.278 e. The maximum Gasteiger partial charge on any atom is 0.278 e. The standard InChI is InChI=1S/C23H27N5O5/c1-27-19(13-18(26-27)17-12-15(30-2)7-8-20(17)31-3)23(29)28-11-5-6-16(14-28)33-22-21(32-4)24-9-10-25-22/h7-10,12-13,16H,5-6,11,14H2,1-4H3. The summed E-state index contributed by atoms with van der Waals surface area (Å²) in [6.45, 7) is 1.07. The Balaban J connectivity index is 1.53. The fourth-order valence-electron chi connectivity index (χ4n) is 3.89. The monoisotopic (exact) mass is 453 g/mol. The zero-order valence-electron chi connectivity index (χ0n) is 19.1. The predicted octanol–water partition coefficient (Wildman–Crippen LogP) is 2.59. The number of ether oxygens (including phenoxy) is 4. The molecular weight excluding hydrogens is 426 g/mol. The van der Waals surface area contributed by atoms with Crippen molar-refractivity contribution in [3.63, 3.8) is 0 Å². The van der Waals surface area contributed by atoms with Crippen molar-refractivity contribution >= 4 is 5.91 Å². The molecule has 1 aliphatic heterocycles. The number of amides is 1. The van der Waals surface area contributed by atoms with E-state index in [1.807, 2.05) is 18.2 Å². The topological polar surface area (TPSA) is 101 Å². The van der Waals surface area contributed by atoms with Gasteiger partial charge >= 0.3 is 0 Å². The molecule has 10 heteroatoms. The summed E-state index contributed by atoms with van der Waals surface area (Å²) < 4.78 is 23.6. The van der Waals surface area contributed by atoms with E-state index in [1.165, 1.54) is 7.11 Å². The quantitative estimate of drug-likeness (QED) is 0.538. The van der Waals surface area contributed by atoms with Crippen LogP contribution in [0.25, 0.3) is 11.3 Å². The summed E-state index contributed by atoms with van der Waals surface area (Å²) in [6.07, 6.45) is 4.50. The number of likely N-dealkylation sites (tertiary alicyclic amines) is 1. The molecule has 4 rings (SSSR count). The summed E-state index contributed by atoms with van der Waals surface area (Å²) in [7, 11) is 6.47. The van der Waals surface area contributed by atoms with E-state index in [9.17, 15) is 4.79 Å². The van der Waals surface area contributed by atoms with Gasteiger partial charge in [-0.2, -0.15) is 5.10 Å². The van der Waals surface area contributed by atoms with Crippen LogP contribution in [0, 0.1) is 0 Å². The van der Waals surface area contributed by atoms with Crippen molar-refractivity contribution in [1.82, 2.24) is 24.6 Å². The third-order valence-corrected chi connectivity index (χ3v) is 5.55. The summed E-state index contributed by atoms with van der Waals surface area (Å²) in [5.74, 6) is 1.87. The van der Waals surface area contributed by atoms with Gasteiger partial charge in [0.15, 0.2) is 0 Å². The highest BCUT2D eigenvalue weighted by molar-refractivity contribution is 5.94. The molecule has 0 saturated carbocycles. The minimum Gasteiger partial charge on any atom is -0.497 e. The minimum atomic E-state index is -0.209. The molecule has 3 heterocycles.